The van der Waals surface area contributed by atoms with Crippen LogP contribution in [0, 0.1) is 19.4 Å². The number of nitrogens with zero attached hydrogens (tertiary/aromatic N) is 2. The van der Waals surface area contributed by atoms with Crippen LogP contribution >= 0.6 is 0 Å². The van der Waals surface area contributed by atoms with Gasteiger partial charge in [-0.2, -0.15) is 6.33 Å². The predicted octanol–water partition coefficient (Wildman–Crippen LogP) is 0.378. The zero-order valence-electron chi connectivity index (χ0n) is 5.70. The van der Waals surface area contributed by atoms with Crippen molar-refractivity contribution in [2.75, 3.05) is 0 Å². The van der Waals surface area contributed by atoms with Crippen molar-refractivity contribution in [3.63, 3.8) is 0 Å². The first-order chi connectivity index (χ1) is 3.39. The van der Waals surface area contributed by atoms with E-state index < -0.39 is 0 Å². The van der Waals surface area contributed by atoms with Crippen molar-refractivity contribution >= 4 is 0 Å². The SMILES string of the molecule is Cc1[c-]n[c-]nc1.[Y].[Y].[Y]. The maximum Gasteiger partial charge on any atom is 0 e. The molecule has 0 aromatic carbocycles. The Morgan fingerprint density at radius 3 is 2.10 bits per heavy atom. The molecule has 0 spiro atoms. The minimum atomic E-state index is 0. The minimum absolute atomic E-state index is 0. The minimum Gasteiger partial charge on any atom is -0.524 e. The molecule has 0 saturated heterocycles. The Labute approximate surface area is 136 Å². The Balaban J connectivity index is -0.000000163. The zero-order chi connectivity index (χ0) is 5.11. The Morgan fingerprint density at radius 1 is 1.30 bits per heavy atom. The van der Waals surface area contributed by atoms with Crippen LogP contribution in [0.5, 0.6) is 0 Å². The van der Waals surface area contributed by atoms with Gasteiger partial charge in [-0.25, -0.2) is 6.20 Å². The van der Waals surface area contributed by atoms with Crippen LogP contribution < -0.4 is 0 Å². The van der Waals surface area contributed by atoms with E-state index in [9.17, 15) is 0 Å². The fraction of sp³-hybridized carbons (Fsp3) is 0.200. The summed E-state index contributed by atoms with van der Waals surface area (Å²) in [6.07, 6.45) is 6.70. The fourth-order valence-corrected chi connectivity index (χ4v) is 0.297. The molecule has 1 aromatic heterocycles. The van der Waals surface area contributed by atoms with Gasteiger partial charge in [0, 0.05) is 98.1 Å². The first kappa shape index (κ1) is 18.2. The number of aromatic nitrogens is 2. The van der Waals surface area contributed by atoms with Crippen molar-refractivity contribution in [2.24, 2.45) is 0 Å². The summed E-state index contributed by atoms with van der Waals surface area (Å²) in [5.74, 6) is 0. The molecular weight excluding hydrogens is 355 g/mol. The first-order valence-corrected chi connectivity index (χ1v) is 1.97. The first-order valence-electron chi connectivity index (χ1n) is 1.97. The third-order valence-corrected chi connectivity index (χ3v) is 0.598. The van der Waals surface area contributed by atoms with Crippen molar-refractivity contribution < 1.29 is 98.1 Å². The molecule has 0 aliphatic rings. The average Bonchev–Trinajstić information content (AvgIpc) is 1.69. The monoisotopic (exact) mass is 359 g/mol. The molecule has 3 radical (unpaired) electrons. The zero-order valence-corrected chi connectivity index (χ0v) is 14.2. The Kier molecular flexibility index (Phi) is 20.8. The van der Waals surface area contributed by atoms with E-state index in [0.29, 0.717) is 0 Å². The summed E-state index contributed by atoms with van der Waals surface area (Å²) < 4.78 is 0. The second-order valence-corrected chi connectivity index (χ2v) is 1.26. The summed E-state index contributed by atoms with van der Waals surface area (Å²) >= 11 is 0. The van der Waals surface area contributed by atoms with E-state index in [0.717, 1.165) is 5.56 Å². The van der Waals surface area contributed by atoms with Gasteiger partial charge < -0.3 is 9.97 Å². The van der Waals surface area contributed by atoms with E-state index >= 15 is 0 Å². The second kappa shape index (κ2) is 11.4. The van der Waals surface area contributed by atoms with Gasteiger partial charge in [-0.3, -0.25) is 11.8 Å². The van der Waals surface area contributed by atoms with Crippen molar-refractivity contribution in [2.45, 2.75) is 6.92 Å². The van der Waals surface area contributed by atoms with Crippen LogP contribution in [0.1, 0.15) is 5.56 Å². The summed E-state index contributed by atoms with van der Waals surface area (Å²) in [6.45, 7) is 1.88. The maximum absolute atomic E-state index is 3.62. The van der Waals surface area contributed by atoms with Crippen LogP contribution in [0.4, 0.5) is 0 Å². The third-order valence-electron chi connectivity index (χ3n) is 0.598. The molecule has 0 aliphatic heterocycles. The van der Waals surface area contributed by atoms with Crippen LogP contribution in [0.15, 0.2) is 6.20 Å². The van der Waals surface area contributed by atoms with E-state index in [1.807, 2.05) is 6.92 Å². The summed E-state index contributed by atoms with van der Waals surface area (Å²) in [5, 5.41) is 0. The smallest absolute Gasteiger partial charge is 0 e. The molecule has 0 aliphatic carbocycles. The summed E-state index contributed by atoms with van der Waals surface area (Å²) in [4.78, 5) is 7.14. The average molecular weight is 359 g/mol. The van der Waals surface area contributed by atoms with Gasteiger partial charge in [0.05, 0.1) is 0 Å². The quantitative estimate of drug-likeness (QED) is 0.627. The van der Waals surface area contributed by atoms with Gasteiger partial charge in [0.25, 0.3) is 0 Å². The molecule has 0 unspecified atom stereocenters. The van der Waals surface area contributed by atoms with Gasteiger partial charge in [0.1, 0.15) is 0 Å². The predicted molar refractivity (Wildman–Crippen MR) is 24.4 cm³/mol. The normalized spacial score (nSPS) is 6.10. The molecule has 2 nitrogen and oxygen atoms in total. The summed E-state index contributed by atoms with van der Waals surface area (Å²) in [5.41, 5.74) is 0.943. The summed E-state index contributed by atoms with van der Waals surface area (Å²) in [7, 11) is 0. The van der Waals surface area contributed by atoms with Gasteiger partial charge in [-0.1, -0.05) is 6.92 Å². The molecular formula is C5H4N2Y3-2. The van der Waals surface area contributed by atoms with Gasteiger partial charge in [-0.15, -0.1) is 0 Å². The number of aryl methyl sites for hydroxylation is 1. The van der Waals surface area contributed by atoms with E-state index in [1.165, 1.54) is 0 Å². The summed E-state index contributed by atoms with van der Waals surface area (Å²) in [6, 6.07) is 0. The van der Waals surface area contributed by atoms with E-state index in [-0.39, 0.29) is 98.1 Å². The molecule has 10 heavy (non-hydrogen) atoms. The molecule has 0 saturated carbocycles. The molecule has 1 heterocycles. The molecule has 0 atom stereocenters. The van der Waals surface area contributed by atoms with Crippen LogP contribution in [-0.4, -0.2) is 9.97 Å². The van der Waals surface area contributed by atoms with E-state index in [4.69, 9.17) is 0 Å². The largest absolute Gasteiger partial charge is 0.524 e. The fourth-order valence-electron chi connectivity index (χ4n) is 0.297. The van der Waals surface area contributed by atoms with Gasteiger partial charge >= 0.3 is 0 Å². The third kappa shape index (κ3) is 8.49. The van der Waals surface area contributed by atoms with Crippen molar-refractivity contribution in [3.05, 3.63) is 24.3 Å². The molecule has 0 N–H and O–H groups in total. The molecule has 1 rings (SSSR count). The van der Waals surface area contributed by atoms with Crippen LogP contribution in [0.3, 0.4) is 0 Å². The van der Waals surface area contributed by atoms with Crippen molar-refractivity contribution in [1.82, 2.24) is 9.97 Å². The van der Waals surface area contributed by atoms with Crippen LogP contribution in [-0.2, 0) is 98.1 Å². The van der Waals surface area contributed by atoms with Gasteiger partial charge in [0.2, 0.25) is 0 Å². The maximum atomic E-state index is 3.62. The molecule has 1 aromatic rings. The van der Waals surface area contributed by atoms with Gasteiger partial charge in [0.15, 0.2) is 0 Å². The molecule has 0 fully saturated rings. The molecule has 0 amide bonds. The van der Waals surface area contributed by atoms with Crippen molar-refractivity contribution in [1.29, 1.82) is 0 Å². The molecule has 45 valence electrons. The van der Waals surface area contributed by atoms with Crippen LogP contribution in [0.25, 0.3) is 0 Å². The Hall–Kier alpha value is 2.39. The molecule has 5 heteroatoms. The Bertz CT molecular complexity index is 145. The number of rotatable bonds is 0. The topological polar surface area (TPSA) is 25.8 Å². The Morgan fingerprint density at radius 2 is 1.90 bits per heavy atom. The standard InChI is InChI=1S/C5H4N2.3Y/c1-5-2-6-4-7-3-5;;;/h2H,1H3;;;/q-2;;;. The number of hydrogen-bond donors (Lipinski definition) is 0. The number of hydrogen-bond acceptors (Lipinski definition) is 2. The molecule has 0 bridgehead atoms. The van der Waals surface area contributed by atoms with Crippen LogP contribution in [0.2, 0.25) is 0 Å². The van der Waals surface area contributed by atoms with E-state index in [2.05, 4.69) is 22.5 Å². The van der Waals surface area contributed by atoms with Gasteiger partial charge in [-0.05, 0) is 0 Å². The van der Waals surface area contributed by atoms with Crippen molar-refractivity contribution in [3.8, 4) is 0 Å². The second-order valence-electron chi connectivity index (χ2n) is 1.26. The van der Waals surface area contributed by atoms with E-state index in [1.54, 1.807) is 6.20 Å².